The van der Waals surface area contributed by atoms with Gasteiger partial charge in [-0.2, -0.15) is 5.26 Å². The van der Waals surface area contributed by atoms with Crippen LogP contribution in [0.25, 0.3) is 0 Å². The van der Waals surface area contributed by atoms with Gasteiger partial charge in [-0.15, -0.1) is 0 Å². The molecule has 1 aromatic carbocycles. The van der Waals surface area contributed by atoms with E-state index < -0.39 is 5.91 Å². The van der Waals surface area contributed by atoms with Crippen LogP contribution in [0.15, 0.2) is 36.0 Å². The smallest absolute Gasteiger partial charge is 0.263 e. The predicted octanol–water partition coefficient (Wildman–Crippen LogP) is 2.39. The lowest BCUT2D eigenvalue weighted by Crippen LogP contribution is -2.28. The quantitative estimate of drug-likeness (QED) is 0.459. The monoisotopic (exact) mass is 287 g/mol. The molecule has 0 fully saturated rings. The number of ether oxygens (including phenoxy) is 1. The van der Waals surface area contributed by atoms with Crippen LogP contribution in [-0.4, -0.2) is 26.2 Å². The van der Waals surface area contributed by atoms with Crippen LogP contribution in [0.5, 0.6) is 0 Å². The van der Waals surface area contributed by atoms with Crippen molar-refractivity contribution >= 4 is 11.6 Å². The number of para-hydroxylation sites is 1. The summed E-state index contributed by atoms with van der Waals surface area (Å²) in [6.07, 6.45) is 1.43. The molecule has 0 radical (unpaired) electrons. The maximum absolute atomic E-state index is 11.8. The Labute approximate surface area is 125 Å². The van der Waals surface area contributed by atoms with E-state index in [4.69, 9.17) is 10.00 Å². The van der Waals surface area contributed by atoms with E-state index in [1.807, 2.05) is 30.3 Å². The molecule has 0 bridgehead atoms. The van der Waals surface area contributed by atoms with Gasteiger partial charge in [0.2, 0.25) is 0 Å². The van der Waals surface area contributed by atoms with E-state index in [-0.39, 0.29) is 5.57 Å². The van der Waals surface area contributed by atoms with E-state index in [1.54, 1.807) is 7.11 Å². The second-order valence-electron chi connectivity index (χ2n) is 4.80. The van der Waals surface area contributed by atoms with Crippen LogP contribution in [0.4, 0.5) is 5.69 Å². The number of carbonyl (C=O) groups is 1. The van der Waals surface area contributed by atoms with Crippen molar-refractivity contribution in [1.82, 2.24) is 5.32 Å². The number of hydrogen-bond donors (Lipinski definition) is 2. The third-order valence-corrected chi connectivity index (χ3v) is 2.91. The van der Waals surface area contributed by atoms with E-state index in [0.29, 0.717) is 19.1 Å². The number of hydrogen-bond acceptors (Lipinski definition) is 4. The van der Waals surface area contributed by atoms with Crippen molar-refractivity contribution in [3.8, 4) is 6.07 Å². The van der Waals surface area contributed by atoms with Crippen molar-refractivity contribution in [3.05, 3.63) is 41.6 Å². The summed E-state index contributed by atoms with van der Waals surface area (Å²) in [7, 11) is 1.55. The maximum Gasteiger partial charge on any atom is 0.263 e. The molecule has 1 amide bonds. The van der Waals surface area contributed by atoms with Crippen LogP contribution in [-0.2, 0) is 9.53 Å². The molecule has 0 aliphatic heterocycles. The van der Waals surface area contributed by atoms with Crippen molar-refractivity contribution in [3.63, 3.8) is 0 Å². The van der Waals surface area contributed by atoms with E-state index in [1.165, 1.54) is 6.20 Å². The molecular weight excluding hydrogens is 266 g/mol. The summed E-state index contributed by atoms with van der Waals surface area (Å²) in [5.74, 6) is -0.0627. The lowest BCUT2D eigenvalue weighted by Gasteiger charge is -2.12. The Balaban J connectivity index is 2.77. The van der Waals surface area contributed by atoms with Gasteiger partial charge in [0, 0.05) is 25.5 Å². The normalized spacial score (nSPS) is 11.1. The minimum Gasteiger partial charge on any atom is -0.383 e. The largest absolute Gasteiger partial charge is 0.383 e. The standard InChI is InChI=1S/C16H21N3O2/c1-12(2)14-6-4-5-7-15(14)19-11-13(10-17)16(20)18-8-9-21-3/h4-7,11-12,19H,8-9H2,1-3H3,(H,18,20)/b13-11-. The lowest BCUT2D eigenvalue weighted by molar-refractivity contribution is -0.117. The summed E-state index contributed by atoms with van der Waals surface area (Å²) in [4.78, 5) is 11.8. The number of nitrogens with zero attached hydrogens (tertiary/aromatic N) is 1. The van der Waals surface area contributed by atoms with E-state index in [2.05, 4.69) is 24.5 Å². The van der Waals surface area contributed by atoms with E-state index in [0.717, 1.165) is 11.3 Å². The molecule has 0 spiro atoms. The van der Waals surface area contributed by atoms with Gasteiger partial charge in [-0.25, -0.2) is 0 Å². The zero-order chi connectivity index (χ0) is 15.7. The maximum atomic E-state index is 11.8. The van der Waals surface area contributed by atoms with Gasteiger partial charge in [-0.05, 0) is 17.5 Å². The average Bonchev–Trinajstić information content (AvgIpc) is 2.48. The number of carbonyl (C=O) groups excluding carboxylic acids is 1. The van der Waals surface area contributed by atoms with Crippen molar-refractivity contribution in [2.24, 2.45) is 0 Å². The zero-order valence-electron chi connectivity index (χ0n) is 12.6. The Bertz CT molecular complexity index is 545. The first kappa shape index (κ1) is 16.7. The molecule has 0 aromatic heterocycles. The van der Waals surface area contributed by atoms with Gasteiger partial charge in [-0.1, -0.05) is 32.0 Å². The SMILES string of the molecule is COCCNC(=O)/C(C#N)=C\Nc1ccccc1C(C)C. The second kappa shape index (κ2) is 8.77. The summed E-state index contributed by atoms with van der Waals surface area (Å²) < 4.78 is 4.84. The number of methoxy groups -OCH3 is 1. The summed E-state index contributed by atoms with van der Waals surface area (Å²) in [5, 5.41) is 14.7. The predicted molar refractivity (Wildman–Crippen MR) is 82.7 cm³/mol. The molecule has 0 atom stereocenters. The molecule has 0 heterocycles. The highest BCUT2D eigenvalue weighted by Gasteiger charge is 2.09. The molecule has 1 rings (SSSR count). The topological polar surface area (TPSA) is 74.1 Å². The van der Waals surface area contributed by atoms with Crippen molar-refractivity contribution in [2.75, 3.05) is 25.6 Å². The van der Waals surface area contributed by atoms with E-state index >= 15 is 0 Å². The average molecular weight is 287 g/mol. The molecule has 5 heteroatoms. The van der Waals surface area contributed by atoms with Crippen molar-refractivity contribution in [1.29, 1.82) is 5.26 Å². The number of rotatable bonds is 7. The molecule has 5 nitrogen and oxygen atoms in total. The third kappa shape index (κ3) is 5.28. The molecule has 0 saturated heterocycles. The fourth-order valence-electron chi connectivity index (χ4n) is 1.79. The van der Waals surface area contributed by atoms with Crippen LogP contribution in [0.3, 0.4) is 0 Å². The van der Waals surface area contributed by atoms with Gasteiger partial charge in [0.25, 0.3) is 5.91 Å². The fraction of sp³-hybridized carbons (Fsp3) is 0.375. The molecule has 0 aliphatic rings. The highest BCUT2D eigenvalue weighted by Crippen LogP contribution is 2.23. The van der Waals surface area contributed by atoms with Gasteiger partial charge in [0.05, 0.1) is 6.61 Å². The van der Waals surface area contributed by atoms with Crippen LogP contribution >= 0.6 is 0 Å². The van der Waals surface area contributed by atoms with Crippen LogP contribution < -0.4 is 10.6 Å². The van der Waals surface area contributed by atoms with Crippen LogP contribution in [0.1, 0.15) is 25.3 Å². The Morgan fingerprint density at radius 2 is 2.14 bits per heavy atom. The fourth-order valence-corrected chi connectivity index (χ4v) is 1.79. The molecule has 0 saturated carbocycles. The minimum absolute atomic E-state index is 0.0321. The number of anilines is 1. The third-order valence-electron chi connectivity index (χ3n) is 2.91. The minimum atomic E-state index is -0.413. The molecule has 0 aliphatic carbocycles. The number of nitriles is 1. The summed E-state index contributed by atoms with van der Waals surface area (Å²) >= 11 is 0. The molecular formula is C16H21N3O2. The van der Waals surface area contributed by atoms with Gasteiger partial charge < -0.3 is 15.4 Å². The first-order chi connectivity index (χ1) is 10.1. The molecule has 0 unspecified atom stereocenters. The number of benzene rings is 1. The van der Waals surface area contributed by atoms with E-state index in [9.17, 15) is 4.79 Å². The van der Waals surface area contributed by atoms with Gasteiger partial charge in [0.15, 0.2) is 0 Å². The van der Waals surface area contributed by atoms with Gasteiger partial charge in [0.1, 0.15) is 11.6 Å². The van der Waals surface area contributed by atoms with Crippen molar-refractivity contribution in [2.45, 2.75) is 19.8 Å². The summed E-state index contributed by atoms with van der Waals surface area (Å²) in [6.45, 7) is 4.96. The van der Waals surface area contributed by atoms with Crippen molar-refractivity contribution < 1.29 is 9.53 Å². The highest BCUT2D eigenvalue weighted by atomic mass is 16.5. The van der Waals surface area contributed by atoms with Crippen LogP contribution in [0.2, 0.25) is 0 Å². The van der Waals surface area contributed by atoms with Gasteiger partial charge in [-0.3, -0.25) is 4.79 Å². The first-order valence-corrected chi connectivity index (χ1v) is 6.83. The van der Waals surface area contributed by atoms with Crippen LogP contribution in [0, 0.1) is 11.3 Å². The highest BCUT2D eigenvalue weighted by molar-refractivity contribution is 5.97. The number of amides is 1. The second-order valence-corrected chi connectivity index (χ2v) is 4.80. The van der Waals surface area contributed by atoms with Gasteiger partial charge >= 0.3 is 0 Å². The molecule has 112 valence electrons. The Morgan fingerprint density at radius 1 is 1.43 bits per heavy atom. The molecule has 2 N–H and O–H groups in total. The lowest BCUT2D eigenvalue weighted by atomic mass is 10.0. The molecule has 21 heavy (non-hydrogen) atoms. The summed E-state index contributed by atoms with van der Waals surface area (Å²) in [5.41, 5.74) is 2.06. The summed E-state index contributed by atoms with van der Waals surface area (Å²) in [6, 6.07) is 9.71. The Kier molecular flexibility index (Phi) is 6.99. The zero-order valence-corrected chi connectivity index (χ0v) is 12.6. The number of nitrogens with one attached hydrogen (secondary N) is 2. The Morgan fingerprint density at radius 3 is 2.76 bits per heavy atom. The Hall–Kier alpha value is -2.32. The molecule has 1 aromatic rings. The first-order valence-electron chi connectivity index (χ1n) is 6.83.